The lowest BCUT2D eigenvalue weighted by Gasteiger charge is -2.13. The molecule has 4 aromatic rings. The van der Waals surface area contributed by atoms with E-state index in [1.165, 1.54) is 24.3 Å². The maximum atomic E-state index is 12.4. The van der Waals surface area contributed by atoms with Crippen molar-refractivity contribution < 1.29 is 14.1 Å². The summed E-state index contributed by atoms with van der Waals surface area (Å²) in [7, 11) is 0. The summed E-state index contributed by atoms with van der Waals surface area (Å²) in [5.41, 5.74) is 5.08. The first-order valence-electron chi connectivity index (χ1n) is 9.66. The molecule has 1 heterocycles. The fraction of sp³-hybridized carbons (Fsp3) is 0.0870. The number of aryl methyl sites for hydroxylation is 1. The van der Waals surface area contributed by atoms with E-state index in [1.54, 1.807) is 0 Å². The zero-order valence-corrected chi connectivity index (χ0v) is 18.0. The molecule has 8 nitrogen and oxygen atoms in total. The number of nitrogens with zero attached hydrogens (tertiary/aromatic N) is 2. The summed E-state index contributed by atoms with van der Waals surface area (Å²) >= 11 is 5.28. The number of nitro groups is 1. The Hall–Kier alpha value is -4.11. The van der Waals surface area contributed by atoms with E-state index >= 15 is 0 Å². The molecule has 3 aromatic carbocycles. The van der Waals surface area contributed by atoms with Crippen molar-refractivity contribution in [3.05, 3.63) is 87.5 Å². The normalized spacial score (nSPS) is 10.7. The van der Waals surface area contributed by atoms with Crippen LogP contribution in [0.1, 0.15) is 21.5 Å². The van der Waals surface area contributed by atoms with Crippen LogP contribution in [0.3, 0.4) is 0 Å². The molecule has 0 spiro atoms. The summed E-state index contributed by atoms with van der Waals surface area (Å²) < 4.78 is 5.91. The van der Waals surface area contributed by atoms with E-state index in [9.17, 15) is 14.9 Å². The Morgan fingerprint density at radius 2 is 1.84 bits per heavy atom. The van der Waals surface area contributed by atoms with E-state index in [4.69, 9.17) is 16.6 Å². The van der Waals surface area contributed by atoms with Gasteiger partial charge in [-0.05, 0) is 73.6 Å². The second-order valence-electron chi connectivity index (χ2n) is 7.18. The molecule has 0 aliphatic rings. The third kappa shape index (κ3) is 4.33. The van der Waals surface area contributed by atoms with Crippen molar-refractivity contribution >= 4 is 45.7 Å². The Morgan fingerprint density at radius 1 is 1.09 bits per heavy atom. The van der Waals surface area contributed by atoms with Gasteiger partial charge in [-0.3, -0.25) is 20.2 Å². The summed E-state index contributed by atoms with van der Waals surface area (Å²) in [4.78, 5) is 27.2. The molecule has 0 saturated heterocycles. The van der Waals surface area contributed by atoms with Gasteiger partial charge < -0.3 is 9.73 Å². The summed E-state index contributed by atoms with van der Waals surface area (Å²) in [6, 6.07) is 16.7. The number of fused-ring (bicyclic) bond motifs is 1. The van der Waals surface area contributed by atoms with Gasteiger partial charge in [0.1, 0.15) is 5.52 Å². The van der Waals surface area contributed by atoms with Crippen LogP contribution in [0.2, 0.25) is 0 Å². The van der Waals surface area contributed by atoms with Crippen LogP contribution in [0.15, 0.2) is 65.1 Å². The molecular weight excluding hydrogens is 428 g/mol. The predicted octanol–water partition coefficient (Wildman–Crippen LogP) is 5.15. The van der Waals surface area contributed by atoms with E-state index in [0.717, 1.165) is 22.2 Å². The van der Waals surface area contributed by atoms with Gasteiger partial charge in [-0.1, -0.05) is 12.1 Å². The van der Waals surface area contributed by atoms with Gasteiger partial charge in [0.15, 0.2) is 10.7 Å². The van der Waals surface area contributed by atoms with Crippen LogP contribution in [0.25, 0.3) is 22.6 Å². The number of hydrogen-bond donors (Lipinski definition) is 2. The van der Waals surface area contributed by atoms with Gasteiger partial charge in [0.25, 0.3) is 11.6 Å². The Balaban J connectivity index is 1.51. The van der Waals surface area contributed by atoms with Crippen LogP contribution < -0.4 is 10.6 Å². The fourth-order valence-corrected chi connectivity index (χ4v) is 3.42. The van der Waals surface area contributed by atoms with Gasteiger partial charge in [0.2, 0.25) is 5.89 Å². The number of aromatic nitrogens is 1. The molecule has 0 aliphatic carbocycles. The van der Waals surface area contributed by atoms with Gasteiger partial charge in [0.05, 0.1) is 4.92 Å². The number of rotatable bonds is 4. The zero-order valence-electron chi connectivity index (χ0n) is 17.2. The van der Waals surface area contributed by atoms with Gasteiger partial charge >= 0.3 is 0 Å². The molecule has 0 radical (unpaired) electrons. The minimum Gasteiger partial charge on any atom is -0.436 e. The van der Waals surface area contributed by atoms with E-state index in [1.807, 2.05) is 50.2 Å². The molecule has 0 atom stereocenters. The number of nitrogens with one attached hydrogen (secondary N) is 2. The number of hydrogen-bond acceptors (Lipinski definition) is 6. The average molecular weight is 446 g/mol. The largest absolute Gasteiger partial charge is 0.436 e. The molecule has 2 N–H and O–H groups in total. The van der Waals surface area contributed by atoms with Crippen LogP contribution in [-0.2, 0) is 0 Å². The molecule has 0 aliphatic heterocycles. The van der Waals surface area contributed by atoms with Crippen molar-refractivity contribution in [2.24, 2.45) is 0 Å². The predicted molar refractivity (Wildman–Crippen MR) is 126 cm³/mol. The first kappa shape index (κ1) is 21.1. The molecule has 1 aromatic heterocycles. The number of non-ortho nitro benzene ring substituents is 1. The maximum Gasteiger partial charge on any atom is 0.269 e. The third-order valence-corrected chi connectivity index (χ3v) is 5.13. The van der Waals surface area contributed by atoms with Crippen LogP contribution in [0, 0.1) is 24.0 Å². The number of thiocarbonyl (C=S) groups is 1. The highest BCUT2D eigenvalue weighted by atomic mass is 32.1. The highest BCUT2D eigenvalue weighted by Gasteiger charge is 2.15. The highest BCUT2D eigenvalue weighted by molar-refractivity contribution is 7.80. The number of anilines is 1. The first-order chi connectivity index (χ1) is 15.3. The standard InChI is InChI=1S/C23H18N4O4S/c1-13-6-11-20-19(12-13)24-22(31-20)17-4-3-5-18(14(17)2)25-23(32)26-21(28)15-7-9-16(10-8-15)27(29)30/h3-12H,1-2H3,(H2,25,26,28,32). The molecule has 0 bridgehead atoms. The Labute approximate surface area is 188 Å². The molecule has 0 fully saturated rings. The summed E-state index contributed by atoms with van der Waals surface area (Å²) in [5.74, 6) is 0.0214. The van der Waals surface area contributed by atoms with Crippen molar-refractivity contribution in [2.45, 2.75) is 13.8 Å². The molecule has 0 unspecified atom stereocenters. The number of benzene rings is 3. The molecular formula is C23H18N4O4S. The molecule has 1 amide bonds. The fourth-order valence-electron chi connectivity index (χ4n) is 3.22. The van der Waals surface area contributed by atoms with E-state index < -0.39 is 10.8 Å². The lowest BCUT2D eigenvalue weighted by molar-refractivity contribution is -0.384. The number of amides is 1. The Morgan fingerprint density at radius 3 is 2.56 bits per heavy atom. The van der Waals surface area contributed by atoms with Crippen LogP contribution in [0.5, 0.6) is 0 Å². The van der Waals surface area contributed by atoms with Gasteiger partial charge in [-0.2, -0.15) is 0 Å². The Bertz CT molecular complexity index is 1360. The van der Waals surface area contributed by atoms with Crippen LogP contribution >= 0.6 is 12.2 Å². The number of nitro benzene ring substituents is 1. The van der Waals surface area contributed by atoms with Crippen LogP contribution in [0.4, 0.5) is 11.4 Å². The maximum absolute atomic E-state index is 12.4. The smallest absolute Gasteiger partial charge is 0.269 e. The van der Waals surface area contributed by atoms with Crippen molar-refractivity contribution in [1.82, 2.24) is 10.3 Å². The Kier molecular flexibility index (Phi) is 5.65. The molecule has 9 heteroatoms. The minimum atomic E-state index is -0.526. The van der Waals surface area contributed by atoms with Gasteiger partial charge in [-0.15, -0.1) is 0 Å². The molecule has 0 saturated carbocycles. The van der Waals surface area contributed by atoms with Gasteiger partial charge in [-0.25, -0.2) is 4.98 Å². The van der Waals surface area contributed by atoms with Crippen molar-refractivity contribution in [1.29, 1.82) is 0 Å². The monoisotopic (exact) mass is 446 g/mol. The van der Waals surface area contributed by atoms with Crippen LogP contribution in [-0.4, -0.2) is 20.9 Å². The summed E-state index contributed by atoms with van der Waals surface area (Å²) in [6.45, 7) is 3.90. The van der Waals surface area contributed by atoms with Crippen molar-refractivity contribution in [2.75, 3.05) is 5.32 Å². The molecule has 160 valence electrons. The summed E-state index contributed by atoms with van der Waals surface area (Å²) in [6.07, 6.45) is 0. The van der Waals surface area contributed by atoms with E-state index in [2.05, 4.69) is 15.6 Å². The molecule has 4 rings (SSSR count). The number of oxazole rings is 1. The van der Waals surface area contributed by atoms with Crippen molar-refractivity contribution in [3.63, 3.8) is 0 Å². The van der Waals surface area contributed by atoms with Gasteiger partial charge in [0, 0.05) is 28.9 Å². The zero-order chi connectivity index (χ0) is 22.8. The van der Waals surface area contributed by atoms with E-state index in [0.29, 0.717) is 17.2 Å². The lowest BCUT2D eigenvalue weighted by Crippen LogP contribution is -2.34. The average Bonchev–Trinajstić information content (AvgIpc) is 3.18. The first-order valence-corrected chi connectivity index (χ1v) is 10.1. The lowest BCUT2D eigenvalue weighted by atomic mass is 10.1. The highest BCUT2D eigenvalue weighted by Crippen LogP contribution is 2.30. The van der Waals surface area contributed by atoms with E-state index in [-0.39, 0.29) is 16.4 Å². The number of carbonyl (C=O) groups is 1. The molecule has 32 heavy (non-hydrogen) atoms. The third-order valence-electron chi connectivity index (χ3n) is 4.92. The minimum absolute atomic E-state index is 0.0935. The summed E-state index contributed by atoms with van der Waals surface area (Å²) in [5, 5.41) is 16.4. The number of carbonyl (C=O) groups excluding carboxylic acids is 1. The second-order valence-corrected chi connectivity index (χ2v) is 7.59. The SMILES string of the molecule is Cc1ccc2oc(-c3cccc(NC(=S)NC(=O)c4ccc([N+](=O)[O-])cc4)c3C)nc2c1. The topological polar surface area (TPSA) is 110 Å². The van der Waals surface area contributed by atoms with Crippen molar-refractivity contribution in [3.8, 4) is 11.5 Å². The quantitative estimate of drug-likeness (QED) is 0.253. The second kappa shape index (κ2) is 8.56.